The molecule has 1 unspecified atom stereocenters. The van der Waals surface area contributed by atoms with Crippen molar-refractivity contribution in [1.82, 2.24) is 0 Å². The van der Waals surface area contributed by atoms with Crippen molar-refractivity contribution in [3.63, 3.8) is 0 Å². The number of carbonyl (C=O) groups is 1. The molecule has 11 heteroatoms. The van der Waals surface area contributed by atoms with E-state index in [1.165, 1.54) is 13.8 Å². The number of anilines is 1. The molecule has 1 aromatic rings. The molecule has 0 fully saturated rings. The highest BCUT2D eigenvalue weighted by atomic mass is 32.2. The summed E-state index contributed by atoms with van der Waals surface area (Å²) < 4.78 is 62.7. The molecule has 22 heavy (non-hydrogen) atoms. The highest BCUT2D eigenvalue weighted by Crippen LogP contribution is 2.34. The Morgan fingerprint density at radius 3 is 2.14 bits per heavy atom. The minimum Gasteiger partial charge on any atom is -0.504 e. The maximum absolute atomic E-state index is 11.2. The molecule has 1 rings (SSSR count). The van der Waals surface area contributed by atoms with Gasteiger partial charge in [0.2, 0.25) is 0 Å². The van der Waals surface area contributed by atoms with Crippen LogP contribution in [0, 0.1) is 0 Å². The molecule has 0 aliphatic carbocycles. The smallest absolute Gasteiger partial charge is 0.298 e. The number of rotatable bonds is 6. The molecule has 0 aliphatic rings. The molecule has 0 heterocycles. The van der Waals surface area contributed by atoms with E-state index < -0.39 is 41.8 Å². The van der Waals surface area contributed by atoms with Crippen LogP contribution in [-0.2, 0) is 25.0 Å². The van der Waals surface area contributed by atoms with Crippen LogP contribution in [0.3, 0.4) is 0 Å². The highest BCUT2D eigenvalue weighted by molar-refractivity contribution is 7.86. The Morgan fingerprint density at radius 2 is 1.73 bits per heavy atom. The third-order valence-corrected chi connectivity index (χ3v) is 4.32. The van der Waals surface area contributed by atoms with Gasteiger partial charge in [0.05, 0.1) is 10.6 Å². The van der Waals surface area contributed by atoms with Crippen molar-refractivity contribution < 1.29 is 35.8 Å². The quantitative estimate of drug-likeness (QED) is 0.426. The van der Waals surface area contributed by atoms with Gasteiger partial charge >= 0.3 is 0 Å². The number of hydrogen-bond acceptors (Lipinski definition) is 7. The molecule has 1 aromatic carbocycles. The van der Waals surface area contributed by atoms with E-state index in [1.54, 1.807) is 0 Å². The Labute approximate surface area is 127 Å². The fraction of sp³-hybridized carbons (Fsp3) is 0.364. The van der Waals surface area contributed by atoms with Crippen LogP contribution in [0.1, 0.15) is 20.3 Å². The third kappa shape index (κ3) is 4.66. The SMILES string of the molecule is CC(=O)CC(C)Nc1cc(S(=O)(=O)O)cc(S(=O)(=O)O)c1O. The lowest BCUT2D eigenvalue weighted by atomic mass is 10.1. The van der Waals surface area contributed by atoms with Crippen LogP contribution in [0.25, 0.3) is 0 Å². The Bertz CT molecular complexity index is 798. The van der Waals surface area contributed by atoms with Crippen LogP contribution < -0.4 is 5.32 Å². The molecular weight excluding hydrogens is 338 g/mol. The lowest BCUT2D eigenvalue weighted by Crippen LogP contribution is -2.19. The Hall–Kier alpha value is -1.69. The van der Waals surface area contributed by atoms with Crippen LogP contribution in [0.2, 0.25) is 0 Å². The van der Waals surface area contributed by atoms with Gasteiger partial charge in [0.15, 0.2) is 5.75 Å². The summed E-state index contributed by atoms with van der Waals surface area (Å²) in [6.45, 7) is 2.85. The molecule has 0 aliphatic heterocycles. The molecule has 9 nitrogen and oxygen atoms in total. The van der Waals surface area contributed by atoms with Gasteiger partial charge in [0.25, 0.3) is 20.2 Å². The minimum atomic E-state index is -4.93. The molecule has 0 aromatic heterocycles. The summed E-state index contributed by atoms with van der Waals surface area (Å²) in [4.78, 5) is 9.09. The van der Waals surface area contributed by atoms with Gasteiger partial charge in [-0.15, -0.1) is 0 Å². The molecule has 1 atom stereocenters. The Kier molecular flexibility index (Phi) is 5.18. The number of benzene rings is 1. The number of Topliss-reactive ketones (excluding diaryl/α,β-unsaturated/α-hetero) is 1. The van der Waals surface area contributed by atoms with Crippen LogP contribution in [0.4, 0.5) is 5.69 Å². The molecule has 0 saturated heterocycles. The van der Waals surface area contributed by atoms with Gasteiger partial charge in [-0.25, -0.2) is 0 Å². The van der Waals surface area contributed by atoms with Crippen molar-refractivity contribution in [3.05, 3.63) is 12.1 Å². The molecule has 4 N–H and O–H groups in total. The summed E-state index contributed by atoms with van der Waals surface area (Å²) >= 11 is 0. The number of carbonyl (C=O) groups excluding carboxylic acids is 1. The van der Waals surface area contributed by atoms with E-state index in [0.29, 0.717) is 6.07 Å². The van der Waals surface area contributed by atoms with Gasteiger partial charge in [-0.1, -0.05) is 0 Å². The summed E-state index contributed by atoms with van der Waals surface area (Å²) in [6.07, 6.45) is 0.0246. The molecule has 124 valence electrons. The van der Waals surface area contributed by atoms with E-state index in [2.05, 4.69) is 5.32 Å². The average molecular weight is 353 g/mol. The fourth-order valence-electron chi connectivity index (χ4n) is 1.79. The second-order valence-electron chi connectivity index (χ2n) is 4.72. The van der Waals surface area contributed by atoms with Crippen LogP contribution in [0.5, 0.6) is 5.75 Å². The fourth-order valence-corrected chi connectivity index (χ4v) is 3.02. The van der Waals surface area contributed by atoms with Gasteiger partial charge in [-0.3, -0.25) is 13.9 Å². The summed E-state index contributed by atoms with van der Waals surface area (Å²) in [5.41, 5.74) is -0.364. The summed E-state index contributed by atoms with van der Waals surface area (Å²) in [5.74, 6) is -1.12. The third-order valence-electron chi connectivity index (χ3n) is 2.62. The first kappa shape index (κ1) is 18.4. The molecule has 0 radical (unpaired) electrons. The maximum atomic E-state index is 11.2. The molecule has 0 amide bonds. The van der Waals surface area contributed by atoms with E-state index in [0.717, 1.165) is 6.07 Å². The van der Waals surface area contributed by atoms with Crippen molar-refractivity contribution in [2.45, 2.75) is 36.1 Å². The first-order valence-electron chi connectivity index (χ1n) is 5.90. The number of phenols is 1. The van der Waals surface area contributed by atoms with Gasteiger partial charge in [-0.05, 0) is 26.0 Å². The first-order chi connectivity index (χ1) is 9.82. The summed E-state index contributed by atoms with van der Waals surface area (Å²) in [6, 6.07) is 0.644. The van der Waals surface area contributed by atoms with E-state index in [9.17, 15) is 26.7 Å². The second-order valence-corrected chi connectivity index (χ2v) is 7.53. The number of phenolic OH excluding ortho intramolecular Hbond substituents is 1. The Morgan fingerprint density at radius 1 is 1.18 bits per heavy atom. The van der Waals surface area contributed by atoms with Crippen molar-refractivity contribution in [2.75, 3.05) is 5.32 Å². The molecular formula is C11H15NO8S2. The highest BCUT2D eigenvalue weighted by Gasteiger charge is 2.24. The van der Waals surface area contributed by atoms with Gasteiger partial charge in [0.1, 0.15) is 10.7 Å². The number of hydrogen-bond donors (Lipinski definition) is 4. The zero-order chi connectivity index (χ0) is 17.3. The lowest BCUT2D eigenvalue weighted by Gasteiger charge is -2.17. The zero-order valence-electron chi connectivity index (χ0n) is 11.6. The van der Waals surface area contributed by atoms with Crippen molar-refractivity contribution >= 4 is 31.7 Å². The molecule has 0 bridgehead atoms. The van der Waals surface area contributed by atoms with Crippen LogP contribution in [-0.4, -0.2) is 42.9 Å². The van der Waals surface area contributed by atoms with Gasteiger partial charge < -0.3 is 10.4 Å². The van der Waals surface area contributed by atoms with E-state index >= 15 is 0 Å². The first-order valence-corrected chi connectivity index (χ1v) is 8.78. The Balaban J connectivity index is 3.47. The van der Waals surface area contributed by atoms with E-state index in [4.69, 9.17) is 9.11 Å². The minimum absolute atomic E-state index is 0.0246. The second kappa shape index (κ2) is 6.20. The van der Waals surface area contributed by atoms with Gasteiger partial charge in [0, 0.05) is 12.5 Å². The number of nitrogens with one attached hydrogen (secondary N) is 1. The van der Waals surface area contributed by atoms with E-state index in [1.807, 2.05) is 0 Å². The van der Waals surface area contributed by atoms with Crippen molar-refractivity contribution in [2.24, 2.45) is 0 Å². The number of aromatic hydroxyl groups is 1. The van der Waals surface area contributed by atoms with Crippen molar-refractivity contribution in [3.8, 4) is 5.75 Å². The standard InChI is InChI=1S/C11H15NO8S2/c1-6(3-7(2)13)12-9-4-8(21(15,16)17)5-10(11(9)14)22(18,19)20/h4-6,12,14H,3H2,1-2H3,(H,15,16,17)(H,18,19,20). The normalized spacial score (nSPS) is 13.6. The summed E-state index contributed by atoms with van der Waals surface area (Å²) in [5, 5.41) is 12.4. The van der Waals surface area contributed by atoms with Crippen LogP contribution in [0.15, 0.2) is 21.9 Å². The topological polar surface area (TPSA) is 158 Å². The lowest BCUT2D eigenvalue weighted by molar-refractivity contribution is -0.117. The van der Waals surface area contributed by atoms with Gasteiger partial charge in [-0.2, -0.15) is 16.8 Å². The van der Waals surface area contributed by atoms with Crippen LogP contribution >= 0.6 is 0 Å². The predicted octanol–water partition coefficient (Wildman–Crippen LogP) is 0.665. The van der Waals surface area contributed by atoms with Crippen molar-refractivity contribution in [1.29, 1.82) is 0 Å². The summed E-state index contributed by atoms with van der Waals surface area (Å²) in [7, 11) is -9.71. The predicted molar refractivity (Wildman–Crippen MR) is 76.1 cm³/mol. The zero-order valence-corrected chi connectivity index (χ0v) is 13.3. The monoisotopic (exact) mass is 353 g/mol. The largest absolute Gasteiger partial charge is 0.504 e. The van der Waals surface area contributed by atoms with E-state index in [-0.39, 0.29) is 17.9 Å². The average Bonchev–Trinajstić information content (AvgIpc) is 2.27. The molecule has 0 saturated carbocycles. The molecule has 0 spiro atoms. The number of ketones is 1. The maximum Gasteiger partial charge on any atom is 0.298 e.